The number of nitrogens with one attached hydrogen (secondary N) is 1. The Morgan fingerprint density at radius 3 is 1.63 bits per heavy atom. The molecule has 0 fully saturated rings. The molecule has 0 heterocycles. The molecule has 1 aromatic rings. The SMILES string of the molecule is CC(C)(C)[C@H](NS(=O)C(C)(C)C)c1ccccc1P(C(C)(C)C)C(C)(C)C. The minimum atomic E-state index is -1.12. The molecule has 1 N–H and O–H groups in total. The molecular weight excluding hydrogens is 369 g/mol. The van der Waals surface area contributed by atoms with Crippen molar-refractivity contribution in [2.24, 2.45) is 5.41 Å². The van der Waals surface area contributed by atoms with Gasteiger partial charge < -0.3 is 0 Å². The van der Waals surface area contributed by atoms with E-state index in [9.17, 15) is 4.21 Å². The smallest absolute Gasteiger partial charge is 0.0976 e. The van der Waals surface area contributed by atoms with Crippen molar-refractivity contribution in [3.8, 4) is 0 Å². The fourth-order valence-corrected chi connectivity index (χ4v) is 8.86. The van der Waals surface area contributed by atoms with Crippen LogP contribution in [0.15, 0.2) is 24.3 Å². The zero-order chi connectivity index (χ0) is 21.4. The van der Waals surface area contributed by atoms with E-state index in [2.05, 4.69) is 91.3 Å². The molecule has 1 rings (SSSR count). The van der Waals surface area contributed by atoms with Crippen LogP contribution in [0.5, 0.6) is 0 Å². The molecule has 0 spiro atoms. The summed E-state index contributed by atoms with van der Waals surface area (Å²) in [7, 11) is -1.55. The van der Waals surface area contributed by atoms with Crippen molar-refractivity contribution < 1.29 is 4.21 Å². The summed E-state index contributed by atoms with van der Waals surface area (Å²) in [5, 5.41) is 1.82. The van der Waals surface area contributed by atoms with E-state index < -0.39 is 18.9 Å². The predicted octanol–water partition coefficient (Wildman–Crippen LogP) is 6.53. The Labute approximate surface area is 172 Å². The normalized spacial score (nSPS) is 16.5. The maximum absolute atomic E-state index is 13.0. The van der Waals surface area contributed by atoms with Crippen LogP contribution in [0.4, 0.5) is 0 Å². The predicted molar refractivity (Wildman–Crippen MR) is 126 cm³/mol. The minimum Gasteiger partial charge on any atom is -0.242 e. The summed E-state index contributed by atoms with van der Waals surface area (Å²) in [6, 6.07) is 8.86. The van der Waals surface area contributed by atoms with Crippen LogP contribution in [0.1, 0.15) is 94.7 Å². The third-order valence-electron chi connectivity index (χ3n) is 4.48. The molecular formula is C23H42NOPS. The molecule has 2 atom stereocenters. The van der Waals surface area contributed by atoms with Crippen LogP contribution in [0.2, 0.25) is 0 Å². The van der Waals surface area contributed by atoms with E-state index in [1.807, 2.05) is 20.8 Å². The fourth-order valence-electron chi connectivity index (χ4n) is 3.65. The van der Waals surface area contributed by atoms with Crippen LogP contribution in [0, 0.1) is 5.41 Å². The highest BCUT2D eigenvalue weighted by molar-refractivity contribution is 7.84. The quantitative estimate of drug-likeness (QED) is 0.561. The first-order valence-corrected chi connectivity index (χ1v) is 12.4. The Balaban J connectivity index is 3.61. The lowest BCUT2D eigenvalue weighted by Crippen LogP contribution is -2.43. The number of hydrogen-bond donors (Lipinski definition) is 1. The molecule has 0 aromatic heterocycles. The van der Waals surface area contributed by atoms with Crippen LogP contribution >= 0.6 is 7.92 Å². The lowest BCUT2D eigenvalue weighted by molar-refractivity contribution is 0.308. The molecule has 0 aliphatic carbocycles. The zero-order valence-corrected chi connectivity index (χ0v) is 21.4. The summed E-state index contributed by atoms with van der Waals surface area (Å²) in [6.07, 6.45) is 0. The van der Waals surface area contributed by atoms with E-state index in [1.165, 1.54) is 10.9 Å². The van der Waals surface area contributed by atoms with Crippen molar-refractivity contribution in [2.45, 2.75) is 104 Å². The molecule has 0 aliphatic heterocycles. The van der Waals surface area contributed by atoms with E-state index in [4.69, 9.17) is 0 Å². The van der Waals surface area contributed by atoms with Crippen LogP contribution in [0.25, 0.3) is 0 Å². The van der Waals surface area contributed by atoms with Gasteiger partial charge in [-0.25, -0.2) is 8.93 Å². The van der Waals surface area contributed by atoms with E-state index in [0.717, 1.165) is 0 Å². The zero-order valence-electron chi connectivity index (χ0n) is 19.7. The Kier molecular flexibility index (Phi) is 7.57. The molecule has 0 aliphatic rings. The van der Waals surface area contributed by atoms with Crippen LogP contribution in [0.3, 0.4) is 0 Å². The lowest BCUT2D eigenvalue weighted by Gasteiger charge is -2.44. The summed E-state index contributed by atoms with van der Waals surface area (Å²) >= 11 is 0. The number of hydrogen-bond acceptors (Lipinski definition) is 1. The van der Waals surface area contributed by atoms with Crippen LogP contribution in [-0.2, 0) is 11.0 Å². The molecule has 0 amide bonds. The van der Waals surface area contributed by atoms with Gasteiger partial charge in [-0.15, -0.1) is 0 Å². The third kappa shape index (κ3) is 6.65. The summed E-state index contributed by atoms with van der Waals surface area (Å²) in [5.74, 6) is 0. The molecule has 1 aromatic carbocycles. The van der Waals surface area contributed by atoms with Crippen molar-refractivity contribution in [1.29, 1.82) is 0 Å². The summed E-state index contributed by atoms with van der Waals surface area (Å²) in [5.41, 5.74) is 1.26. The Morgan fingerprint density at radius 1 is 0.815 bits per heavy atom. The number of rotatable bonds is 4. The maximum Gasteiger partial charge on any atom is 0.0976 e. The maximum atomic E-state index is 13.0. The fraction of sp³-hybridized carbons (Fsp3) is 0.739. The molecule has 0 saturated carbocycles. The Bertz CT molecular complexity index is 643. The van der Waals surface area contributed by atoms with Gasteiger partial charge in [0.2, 0.25) is 0 Å². The highest BCUT2D eigenvalue weighted by atomic mass is 32.2. The topological polar surface area (TPSA) is 29.1 Å². The second kappa shape index (κ2) is 8.25. The summed E-state index contributed by atoms with van der Waals surface area (Å²) in [4.78, 5) is 0. The molecule has 27 heavy (non-hydrogen) atoms. The van der Waals surface area contributed by atoms with Crippen molar-refractivity contribution in [1.82, 2.24) is 4.72 Å². The second-order valence-corrected chi connectivity index (χ2v) is 17.4. The van der Waals surface area contributed by atoms with Crippen LogP contribution in [-0.4, -0.2) is 19.3 Å². The largest absolute Gasteiger partial charge is 0.242 e. The van der Waals surface area contributed by atoms with Gasteiger partial charge in [-0.2, -0.15) is 0 Å². The first kappa shape index (κ1) is 24.8. The average molecular weight is 412 g/mol. The molecule has 0 bridgehead atoms. The van der Waals surface area contributed by atoms with Gasteiger partial charge in [-0.05, 0) is 47.4 Å². The van der Waals surface area contributed by atoms with Crippen molar-refractivity contribution >= 4 is 24.2 Å². The molecule has 2 nitrogen and oxygen atoms in total. The van der Waals surface area contributed by atoms with Gasteiger partial charge in [0, 0.05) is 6.04 Å². The molecule has 0 radical (unpaired) electrons. The van der Waals surface area contributed by atoms with Crippen molar-refractivity contribution in [3.63, 3.8) is 0 Å². The van der Waals surface area contributed by atoms with E-state index in [-0.39, 0.29) is 26.5 Å². The molecule has 156 valence electrons. The molecule has 0 saturated heterocycles. The highest BCUT2D eigenvalue weighted by Crippen LogP contribution is 2.59. The van der Waals surface area contributed by atoms with Gasteiger partial charge in [-0.3, -0.25) is 0 Å². The highest BCUT2D eigenvalue weighted by Gasteiger charge is 2.40. The Hall–Kier alpha value is -0.240. The van der Waals surface area contributed by atoms with E-state index in [1.54, 1.807) is 0 Å². The molecule has 4 heteroatoms. The van der Waals surface area contributed by atoms with Crippen LogP contribution < -0.4 is 10.0 Å². The number of benzene rings is 1. The summed E-state index contributed by atoms with van der Waals surface area (Å²) in [6.45, 7) is 26.9. The van der Waals surface area contributed by atoms with Gasteiger partial charge in [0.15, 0.2) is 0 Å². The monoisotopic (exact) mass is 411 g/mol. The summed E-state index contributed by atoms with van der Waals surface area (Å²) < 4.78 is 16.2. The standard InChI is InChI=1S/C23H42NOPS/c1-20(2,3)19(24-27(25)23(10,11)12)17-15-13-14-16-18(17)26(21(4,5)6)22(7,8)9/h13-16,19,24H,1-12H3/t19-,27?/m1/s1. The third-order valence-corrected chi connectivity index (χ3v) is 9.61. The first-order chi connectivity index (χ1) is 11.9. The minimum absolute atomic E-state index is 0.0310. The van der Waals surface area contributed by atoms with E-state index in [0.29, 0.717) is 0 Å². The van der Waals surface area contributed by atoms with Gasteiger partial charge >= 0.3 is 0 Å². The van der Waals surface area contributed by atoms with Crippen molar-refractivity contribution in [3.05, 3.63) is 29.8 Å². The van der Waals surface area contributed by atoms with Gasteiger partial charge in [0.1, 0.15) is 0 Å². The van der Waals surface area contributed by atoms with Gasteiger partial charge in [0.25, 0.3) is 0 Å². The second-order valence-electron chi connectivity index (χ2n) is 11.5. The molecule has 1 unspecified atom stereocenters. The van der Waals surface area contributed by atoms with E-state index >= 15 is 0 Å². The van der Waals surface area contributed by atoms with Crippen molar-refractivity contribution in [2.75, 3.05) is 0 Å². The average Bonchev–Trinajstić information content (AvgIpc) is 2.40. The Morgan fingerprint density at radius 2 is 1.26 bits per heavy atom. The first-order valence-electron chi connectivity index (χ1n) is 9.94. The van der Waals surface area contributed by atoms with Gasteiger partial charge in [-0.1, -0.05) is 94.5 Å². The van der Waals surface area contributed by atoms with Gasteiger partial charge in [0.05, 0.1) is 15.7 Å². The lowest BCUT2D eigenvalue weighted by atomic mass is 9.83.